The molecule has 0 bridgehead atoms. The average Bonchev–Trinajstić information content (AvgIpc) is 3.05. The Balaban J connectivity index is 2.39. The highest BCUT2D eigenvalue weighted by Crippen LogP contribution is 2.25. The molecule has 0 unspecified atom stereocenters. The van der Waals surface area contributed by atoms with Crippen LogP contribution in [-0.2, 0) is 59.1 Å². The van der Waals surface area contributed by atoms with Crippen molar-refractivity contribution >= 4 is 41.7 Å². The van der Waals surface area contributed by atoms with E-state index in [1.54, 1.807) is 107 Å². The van der Waals surface area contributed by atoms with Crippen LogP contribution in [-0.4, -0.2) is 113 Å². The molecule has 0 aliphatic rings. The maximum atomic E-state index is 13.5. The standard InChI is InChI=1S/C42H58N2O14/c1-39(2,3)55-34(47)21-43(22-35(48)56-40(4,5)6)32(45)26-52-30-18-29(38(51)54-25-28-16-14-13-15-17-28)19-31(20-30)53-27-33(46)44(23-36(49)57-41(7,8)9)24-37(50)58-42(10,11)12/h13-20H,21-27H2,1-12H3. The molecule has 0 heterocycles. The molecule has 16 nitrogen and oxygen atoms in total. The van der Waals surface area contributed by atoms with Crippen LogP contribution in [0.5, 0.6) is 11.5 Å². The first-order chi connectivity index (χ1) is 26.6. The fourth-order valence-electron chi connectivity index (χ4n) is 4.72. The van der Waals surface area contributed by atoms with Gasteiger partial charge in [0.1, 0.15) is 66.7 Å². The molecule has 0 saturated heterocycles. The van der Waals surface area contributed by atoms with Gasteiger partial charge in [-0.15, -0.1) is 0 Å². The van der Waals surface area contributed by atoms with E-state index in [-0.39, 0.29) is 23.7 Å². The Bertz CT molecular complexity index is 1600. The largest absolute Gasteiger partial charge is 0.484 e. The van der Waals surface area contributed by atoms with Crippen LogP contribution in [0.15, 0.2) is 48.5 Å². The van der Waals surface area contributed by atoms with E-state index < -0.39 is 103 Å². The maximum absolute atomic E-state index is 13.5. The van der Waals surface area contributed by atoms with Gasteiger partial charge in [0.25, 0.3) is 11.8 Å². The van der Waals surface area contributed by atoms with Crippen molar-refractivity contribution in [3.63, 3.8) is 0 Å². The summed E-state index contributed by atoms with van der Waals surface area (Å²) in [5, 5.41) is 0. The molecule has 0 spiro atoms. The summed E-state index contributed by atoms with van der Waals surface area (Å²) in [5.74, 6) is -5.68. The van der Waals surface area contributed by atoms with Crippen molar-refractivity contribution < 1.29 is 66.7 Å². The molecule has 2 aromatic carbocycles. The normalized spacial score (nSPS) is 11.7. The first-order valence-electron chi connectivity index (χ1n) is 18.6. The van der Waals surface area contributed by atoms with Gasteiger partial charge >= 0.3 is 29.8 Å². The summed E-state index contributed by atoms with van der Waals surface area (Å²) in [4.78, 5) is 92.8. The number of carbonyl (C=O) groups is 7. The van der Waals surface area contributed by atoms with E-state index in [4.69, 9.17) is 33.2 Å². The number of benzene rings is 2. The highest BCUT2D eigenvalue weighted by molar-refractivity contribution is 5.91. The predicted octanol–water partition coefficient (Wildman–Crippen LogP) is 4.83. The molecule has 0 aliphatic heterocycles. The van der Waals surface area contributed by atoms with Crippen LogP contribution in [0, 0.1) is 0 Å². The minimum absolute atomic E-state index is 0.0769. The topological polar surface area (TPSA) is 191 Å². The molecule has 0 radical (unpaired) electrons. The van der Waals surface area contributed by atoms with Crippen LogP contribution in [0.4, 0.5) is 0 Å². The van der Waals surface area contributed by atoms with Crippen LogP contribution < -0.4 is 9.47 Å². The number of esters is 5. The van der Waals surface area contributed by atoms with Gasteiger partial charge in [0.05, 0.1) is 5.56 Å². The van der Waals surface area contributed by atoms with Gasteiger partial charge < -0.3 is 43.0 Å². The first kappa shape index (κ1) is 48.5. The predicted molar refractivity (Wildman–Crippen MR) is 210 cm³/mol. The van der Waals surface area contributed by atoms with E-state index in [1.807, 2.05) is 6.07 Å². The molecule has 0 atom stereocenters. The summed E-state index contributed by atoms with van der Waals surface area (Å²) in [5.41, 5.74) is -2.86. The minimum Gasteiger partial charge on any atom is -0.484 e. The fourth-order valence-corrected chi connectivity index (χ4v) is 4.72. The SMILES string of the molecule is CC(C)(C)OC(=O)CN(CC(=O)OC(C)(C)C)C(=O)COc1cc(OCC(=O)N(CC(=O)OC(C)(C)C)CC(=O)OC(C)(C)C)cc(C(=O)OCc2ccccc2)c1. The van der Waals surface area contributed by atoms with Gasteiger partial charge in [-0.25, -0.2) is 4.79 Å². The molecule has 58 heavy (non-hydrogen) atoms. The smallest absolute Gasteiger partial charge is 0.338 e. The molecule has 2 amide bonds. The minimum atomic E-state index is -0.871. The molecule has 0 aliphatic carbocycles. The third-order valence-electron chi connectivity index (χ3n) is 6.72. The van der Waals surface area contributed by atoms with Crippen LogP contribution in [0.1, 0.15) is 99.0 Å². The third kappa shape index (κ3) is 20.5. The Kier molecular flexibility index (Phi) is 17.3. The van der Waals surface area contributed by atoms with Crippen LogP contribution in [0.3, 0.4) is 0 Å². The van der Waals surface area contributed by atoms with Gasteiger partial charge in [0, 0.05) is 6.07 Å². The highest BCUT2D eigenvalue weighted by Gasteiger charge is 2.29. The lowest BCUT2D eigenvalue weighted by atomic mass is 10.2. The van der Waals surface area contributed by atoms with E-state index in [1.165, 1.54) is 18.2 Å². The zero-order valence-corrected chi connectivity index (χ0v) is 35.7. The third-order valence-corrected chi connectivity index (χ3v) is 6.72. The summed E-state index contributed by atoms with van der Waals surface area (Å²) in [7, 11) is 0. The molecule has 2 aromatic rings. The summed E-state index contributed by atoms with van der Waals surface area (Å²) >= 11 is 0. The number of amides is 2. The van der Waals surface area contributed by atoms with E-state index in [2.05, 4.69) is 0 Å². The van der Waals surface area contributed by atoms with Gasteiger partial charge in [-0.2, -0.15) is 0 Å². The quantitative estimate of drug-likeness (QED) is 0.156. The van der Waals surface area contributed by atoms with E-state index in [0.717, 1.165) is 9.80 Å². The lowest BCUT2D eigenvalue weighted by Gasteiger charge is -2.26. The molecular formula is C42H58N2O14. The molecule has 0 N–H and O–H groups in total. The highest BCUT2D eigenvalue weighted by atomic mass is 16.6. The Labute approximate surface area is 340 Å². The number of hydrogen-bond acceptors (Lipinski definition) is 14. The first-order valence-corrected chi connectivity index (χ1v) is 18.6. The lowest BCUT2D eigenvalue weighted by Crippen LogP contribution is -2.45. The van der Waals surface area contributed by atoms with Crippen molar-refractivity contribution in [2.45, 2.75) is 112 Å². The van der Waals surface area contributed by atoms with E-state index >= 15 is 0 Å². The summed E-state index contributed by atoms with van der Waals surface area (Å²) in [6.45, 7) is 15.9. The number of rotatable bonds is 17. The van der Waals surface area contributed by atoms with Crippen LogP contribution in [0.25, 0.3) is 0 Å². The van der Waals surface area contributed by atoms with Crippen molar-refractivity contribution in [2.75, 3.05) is 39.4 Å². The van der Waals surface area contributed by atoms with Gasteiger partial charge in [-0.1, -0.05) is 30.3 Å². The molecule has 320 valence electrons. The zero-order valence-electron chi connectivity index (χ0n) is 35.7. The van der Waals surface area contributed by atoms with Crippen LogP contribution in [0.2, 0.25) is 0 Å². The second-order valence-electron chi connectivity index (χ2n) is 17.2. The molecule has 0 fully saturated rings. The number of ether oxygens (including phenoxy) is 7. The van der Waals surface area contributed by atoms with Gasteiger partial charge in [-0.3, -0.25) is 28.8 Å². The van der Waals surface area contributed by atoms with E-state index in [0.29, 0.717) is 5.56 Å². The Hall–Kier alpha value is -5.67. The summed E-state index contributed by atoms with van der Waals surface area (Å²) < 4.78 is 38.4. The molecule has 2 rings (SSSR count). The average molecular weight is 815 g/mol. The van der Waals surface area contributed by atoms with Crippen molar-refractivity contribution in [3.05, 3.63) is 59.7 Å². The molecular weight excluding hydrogens is 756 g/mol. The maximum Gasteiger partial charge on any atom is 0.338 e. The monoisotopic (exact) mass is 814 g/mol. The van der Waals surface area contributed by atoms with Crippen LogP contribution >= 0.6 is 0 Å². The van der Waals surface area contributed by atoms with Gasteiger partial charge in [0.2, 0.25) is 0 Å². The second kappa shape index (κ2) is 20.7. The number of carbonyl (C=O) groups excluding carboxylic acids is 7. The van der Waals surface area contributed by atoms with Crippen molar-refractivity contribution in [3.8, 4) is 11.5 Å². The second-order valence-corrected chi connectivity index (χ2v) is 17.2. The Morgan fingerprint density at radius 2 is 0.810 bits per heavy atom. The van der Waals surface area contributed by atoms with Gasteiger partial charge in [0.15, 0.2) is 13.2 Å². The molecule has 0 aromatic heterocycles. The Morgan fingerprint density at radius 1 is 0.483 bits per heavy atom. The molecule has 16 heteroatoms. The zero-order chi connectivity index (χ0) is 44.1. The van der Waals surface area contributed by atoms with Crippen molar-refractivity contribution in [2.24, 2.45) is 0 Å². The summed E-state index contributed by atoms with van der Waals surface area (Å²) in [6.07, 6.45) is 0. The lowest BCUT2D eigenvalue weighted by molar-refractivity contribution is -0.165. The fraction of sp³-hybridized carbons (Fsp3) is 0.548. The number of nitrogens with zero attached hydrogens (tertiary/aromatic N) is 2. The van der Waals surface area contributed by atoms with Crippen molar-refractivity contribution in [1.29, 1.82) is 0 Å². The van der Waals surface area contributed by atoms with Crippen molar-refractivity contribution in [1.82, 2.24) is 9.80 Å². The Morgan fingerprint density at radius 3 is 1.12 bits per heavy atom. The van der Waals surface area contributed by atoms with Gasteiger partial charge in [-0.05, 0) is 101 Å². The summed E-state index contributed by atoms with van der Waals surface area (Å²) in [6, 6.07) is 12.7. The number of hydrogen-bond donors (Lipinski definition) is 0. The molecule has 0 saturated carbocycles. The van der Waals surface area contributed by atoms with E-state index in [9.17, 15) is 33.6 Å².